The quantitative estimate of drug-likeness (QED) is 0.864. The van der Waals surface area contributed by atoms with Gasteiger partial charge in [0.15, 0.2) is 5.69 Å². The van der Waals surface area contributed by atoms with Crippen LogP contribution >= 0.6 is 0 Å². The van der Waals surface area contributed by atoms with Crippen LogP contribution in [-0.2, 0) is 25.9 Å². The maximum atomic E-state index is 13.0. The van der Waals surface area contributed by atoms with Crippen molar-refractivity contribution >= 4 is 5.91 Å². The summed E-state index contributed by atoms with van der Waals surface area (Å²) in [7, 11) is 0. The summed E-state index contributed by atoms with van der Waals surface area (Å²) in [6.45, 7) is 5.51. The number of carbonyl (C=O) groups is 1. The number of carbonyl (C=O) groups excluding carboxylic acids is 1. The van der Waals surface area contributed by atoms with Crippen LogP contribution < -0.4 is 5.32 Å². The Hall–Kier alpha value is -2.08. The number of hydrogen-bond donors (Lipinski definition) is 1. The van der Waals surface area contributed by atoms with Crippen molar-refractivity contribution in [2.24, 2.45) is 0 Å². The van der Waals surface area contributed by atoms with E-state index in [-0.39, 0.29) is 5.91 Å². The van der Waals surface area contributed by atoms with Gasteiger partial charge in [0, 0.05) is 36.9 Å². The lowest BCUT2D eigenvalue weighted by atomic mass is 9.91. The summed E-state index contributed by atoms with van der Waals surface area (Å²) in [4.78, 5) is 15.0. The van der Waals surface area contributed by atoms with Crippen molar-refractivity contribution in [3.63, 3.8) is 0 Å². The van der Waals surface area contributed by atoms with Gasteiger partial charge in [-0.05, 0) is 50.7 Å². The van der Waals surface area contributed by atoms with Gasteiger partial charge in [0.25, 0.3) is 5.91 Å². The number of aryl methyl sites for hydroxylation is 1. The van der Waals surface area contributed by atoms with Crippen molar-refractivity contribution in [3.05, 3.63) is 41.1 Å². The van der Waals surface area contributed by atoms with Crippen LogP contribution in [0, 0.1) is 0 Å². The van der Waals surface area contributed by atoms with Gasteiger partial charge >= 0.3 is 0 Å². The van der Waals surface area contributed by atoms with Crippen LogP contribution in [0.5, 0.6) is 0 Å². The van der Waals surface area contributed by atoms with Gasteiger partial charge in [-0.25, -0.2) is 0 Å². The zero-order valence-corrected chi connectivity index (χ0v) is 15.5. The monoisotopic (exact) mass is 356 g/mol. The number of likely N-dealkylation sites (tertiary alicyclic amines) is 1. The van der Waals surface area contributed by atoms with Gasteiger partial charge in [-0.15, -0.1) is 0 Å². The standard InChI is InChI=1S/C20H28N4O2/c1-2-9-24-18-8-7-15(21-14-16-6-5-12-26-16)13-17(18)19(22-24)20(25)23-10-3-4-11-23/h5-6,12,15,21H,2-4,7-11,13-14H2,1H3. The predicted octanol–water partition coefficient (Wildman–Crippen LogP) is 2.77. The number of nitrogens with zero attached hydrogens (tertiary/aromatic N) is 3. The fourth-order valence-corrected chi connectivity index (χ4v) is 4.16. The van der Waals surface area contributed by atoms with Crippen molar-refractivity contribution in [1.82, 2.24) is 20.0 Å². The first-order chi connectivity index (χ1) is 12.8. The van der Waals surface area contributed by atoms with Crippen molar-refractivity contribution < 1.29 is 9.21 Å². The zero-order chi connectivity index (χ0) is 17.9. The average Bonchev–Trinajstić information content (AvgIpc) is 3.41. The molecule has 4 rings (SSSR count). The van der Waals surface area contributed by atoms with Crippen LogP contribution in [-0.4, -0.2) is 39.7 Å². The number of aromatic nitrogens is 2. The van der Waals surface area contributed by atoms with E-state index in [4.69, 9.17) is 9.52 Å². The first kappa shape index (κ1) is 17.3. The van der Waals surface area contributed by atoms with E-state index in [0.29, 0.717) is 11.7 Å². The van der Waals surface area contributed by atoms with E-state index in [0.717, 1.165) is 70.5 Å². The Morgan fingerprint density at radius 3 is 2.96 bits per heavy atom. The Balaban J connectivity index is 1.53. The third-order valence-electron chi connectivity index (χ3n) is 5.52. The highest BCUT2D eigenvalue weighted by Crippen LogP contribution is 2.27. The summed E-state index contributed by atoms with van der Waals surface area (Å²) in [5.41, 5.74) is 3.13. The summed E-state index contributed by atoms with van der Waals surface area (Å²) >= 11 is 0. The molecule has 1 amide bonds. The molecule has 1 aliphatic heterocycles. The predicted molar refractivity (Wildman–Crippen MR) is 99.0 cm³/mol. The normalized spacial score (nSPS) is 19.7. The molecular formula is C20H28N4O2. The van der Waals surface area contributed by atoms with Gasteiger partial charge in [0.2, 0.25) is 0 Å². The van der Waals surface area contributed by atoms with Gasteiger partial charge in [-0.1, -0.05) is 6.92 Å². The fraction of sp³-hybridized carbons (Fsp3) is 0.600. The first-order valence-corrected chi connectivity index (χ1v) is 9.90. The van der Waals surface area contributed by atoms with Gasteiger partial charge in [-0.3, -0.25) is 9.48 Å². The molecule has 0 spiro atoms. The molecule has 2 aromatic rings. The zero-order valence-electron chi connectivity index (χ0n) is 15.5. The summed E-state index contributed by atoms with van der Waals surface area (Å²) in [6.07, 6.45) is 7.87. The molecule has 3 heterocycles. The molecule has 2 aromatic heterocycles. The lowest BCUT2D eigenvalue weighted by molar-refractivity contribution is 0.0784. The van der Waals surface area contributed by atoms with Crippen molar-refractivity contribution in [1.29, 1.82) is 0 Å². The molecule has 6 heteroatoms. The summed E-state index contributed by atoms with van der Waals surface area (Å²) in [5, 5.41) is 8.34. The van der Waals surface area contributed by atoms with Gasteiger partial charge in [0.1, 0.15) is 5.76 Å². The van der Waals surface area contributed by atoms with Crippen LogP contribution in [0.15, 0.2) is 22.8 Å². The van der Waals surface area contributed by atoms with Crippen LogP contribution in [0.1, 0.15) is 60.1 Å². The Morgan fingerprint density at radius 1 is 1.38 bits per heavy atom. The van der Waals surface area contributed by atoms with Gasteiger partial charge in [-0.2, -0.15) is 5.10 Å². The number of hydrogen-bond acceptors (Lipinski definition) is 4. The highest BCUT2D eigenvalue weighted by molar-refractivity contribution is 5.94. The molecule has 1 atom stereocenters. The van der Waals surface area contributed by atoms with Crippen LogP contribution in [0.2, 0.25) is 0 Å². The molecule has 2 aliphatic rings. The number of amides is 1. The van der Waals surface area contributed by atoms with Crippen molar-refractivity contribution in [3.8, 4) is 0 Å². The minimum Gasteiger partial charge on any atom is -0.468 e. The number of nitrogens with one attached hydrogen (secondary N) is 1. The fourth-order valence-electron chi connectivity index (χ4n) is 4.16. The average molecular weight is 356 g/mol. The van der Waals surface area contributed by atoms with E-state index in [1.807, 2.05) is 17.0 Å². The molecule has 1 aliphatic carbocycles. The molecule has 0 saturated carbocycles. The van der Waals surface area contributed by atoms with E-state index < -0.39 is 0 Å². The maximum absolute atomic E-state index is 13.0. The van der Waals surface area contributed by atoms with E-state index >= 15 is 0 Å². The molecule has 1 fully saturated rings. The van der Waals surface area contributed by atoms with E-state index in [1.54, 1.807) is 6.26 Å². The molecule has 1 N–H and O–H groups in total. The second-order valence-corrected chi connectivity index (χ2v) is 7.40. The lowest BCUT2D eigenvalue weighted by Gasteiger charge is -2.24. The Kier molecular flexibility index (Phi) is 5.11. The third kappa shape index (κ3) is 3.43. The molecule has 26 heavy (non-hydrogen) atoms. The topological polar surface area (TPSA) is 63.3 Å². The SMILES string of the molecule is CCCn1nc(C(=O)N2CCCC2)c2c1CCC(NCc1ccco1)C2. The second kappa shape index (κ2) is 7.66. The van der Waals surface area contributed by atoms with Crippen LogP contribution in [0.3, 0.4) is 0 Å². The molecule has 140 valence electrons. The summed E-state index contributed by atoms with van der Waals surface area (Å²) in [5.74, 6) is 1.08. The maximum Gasteiger partial charge on any atom is 0.274 e. The Labute approximate surface area is 154 Å². The molecule has 0 radical (unpaired) electrons. The minimum atomic E-state index is 0.125. The molecule has 0 aromatic carbocycles. The highest BCUT2D eigenvalue weighted by atomic mass is 16.3. The van der Waals surface area contributed by atoms with E-state index in [2.05, 4.69) is 16.9 Å². The largest absolute Gasteiger partial charge is 0.468 e. The number of fused-ring (bicyclic) bond motifs is 1. The van der Waals surface area contributed by atoms with Crippen molar-refractivity contribution in [2.45, 2.75) is 64.6 Å². The molecule has 0 bridgehead atoms. The highest BCUT2D eigenvalue weighted by Gasteiger charge is 2.31. The lowest BCUT2D eigenvalue weighted by Crippen LogP contribution is -2.35. The van der Waals surface area contributed by atoms with Crippen LogP contribution in [0.25, 0.3) is 0 Å². The van der Waals surface area contributed by atoms with Crippen LogP contribution in [0.4, 0.5) is 0 Å². The molecule has 1 saturated heterocycles. The molecular weight excluding hydrogens is 328 g/mol. The summed E-state index contributed by atoms with van der Waals surface area (Å²) in [6, 6.07) is 4.26. The first-order valence-electron chi connectivity index (χ1n) is 9.90. The third-order valence-corrected chi connectivity index (χ3v) is 5.52. The number of furan rings is 1. The molecule has 1 unspecified atom stereocenters. The minimum absolute atomic E-state index is 0.125. The smallest absolute Gasteiger partial charge is 0.274 e. The second-order valence-electron chi connectivity index (χ2n) is 7.40. The summed E-state index contributed by atoms with van der Waals surface area (Å²) < 4.78 is 7.50. The van der Waals surface area contributed by atoms with Gasteiger partial charge < -0.3 is 14.6 Å². The Bertz CT molecular complexity index is 744. The van der Waals surface area contributed by atoms with Gasteiger partial charge in [0.05, 0.1) is 12.8 Å². The van der Waals surface area contributed by atoms with E-state index in [9.17, 15) is 4.79 Å². The van der Waals surface area contributed by atoms with E-state index in [1.165, 1.54) is 11.3 Å². The number of rotatable bonds is 6. The Morgan fingerprint density at radius 2 is 2.23 bits per heavy atom. The van der Waals surface area contributed by atoms with Crippen molar-refractivity contribution in [2.75, 3.05) is 13.1 Å². The molecule has 6 nitrogen and oxygen atoms in total.